The van der Waals surface area contributed by atoms with E-state index in [1.807, 2.05) is 0 Å². The van der Waals surface area contributed by atoms with Gasteiger partial charge in [-0.3, -0.25) is 14.5 Å². The predicted octanol–water partition coefficient (Wildman–Crippen LogP) is 0.0843. The lowest BCUT2D eigenvalue weighted by Crippen LogP contribution is -2.58. The number of aromatic hydroxyl groups is 1. The lowest BCUT2D eigenvalue weighted by Gasteiger charge is -2.32. The molecule has 0 radical (unpaired) electrons. The maximum absolute atomic E-state index is 12.3. The number of carboxylic acid groups (broad SMARTS) is 1. The van der Waals surface area contributed by atoms with Gasteiger partial charge in [-0.25, -0.2) is 9.59 Å². The van der Waals surface area contributed by atoms with Crippen molar-refractivity contribution in [2.75, 3.05) is 19.6 Å². The molecule has 1 aromatic rings. The van der Waals surface area contributed by atoms with Crippen molar-refractivity contribution in [1.29, 1.82) is 0 Å². The minimum Gasteiger partial charge on any atom is -0.508 e. The van der Waals surface area contributed by atoms with Gasteiger partial charge in [-0.2, -0.15) is 0 Å². The highest BCUT2D eigenvalue weighted by atomic mass is 16.4. The summed E-state index contributed by atoms with van der Waals surface area (Å²) < 4.78 is 0. The average Bonchev–Trinajstić information content (AvgIpc) is 2.57. The largest absolute Gasteiger partial charge is 0.508 e. The zero-order chi connectivity index (χ0) is 18.6. The van der Waals surface area contributed by atoms with Crippen LogP contribution in [0, 0.1) is 0 Å². The number of carbonyl (C=O) groups excluding carboxylic acids is 3. The van der Waals surface area contributed by atoms with Gasteiger partial charge in [0.1, 0.15) is 5.75 Å². The summed E-state index contributed by atoms with van der Waals surface area (Å²) in [5.74, 6) is -3.28. The Bertz CT molecular complexity index is 715. The molecule has 0 saturated carbocycles. The quantitative estimate of drug-likeness (QED) is 0.511. The minimum atomic E-state index is -1.43. The summed E-state index contributed by atoms with van der Waals surface area (Å²) in [6, 6.07) is 2.83. The normalized spacial score (nSPS) is 15.7. The number of hydrogen-bond donors (Lipinski definition) is 3. The molecule has 1 aliphatic rings. The molecular weight excluding hydrogens is 330 g/mol. The lowest BCUT2D eigenvalue weighted by atomic mass is 10.1. The SMILES string of the molecule is C=CCN1CCN(C(=O)NC(C(=O)O)c2ccc(O)cc2)C(=O)C1=O. The number of phenols is 1. The summed E-state index contributed by atoms with van der Waals surface area (Å²) in [7, 11) is 0. The number of amides is 4. The second-order valence-electron chi connectivity index (χ2n) is 5.31. The van der Waals surface area contributed by atoms with E-state index in [2.05, 4.69) is 11.9 Å². The highest BCUT2D eigenvalue weighted by Crippen LogP contribution is 2.18. The predicted molar refractivity (Wildman–Crippen MR) is 85.5 cm³/mol. The first-order valence-corrected chi connectivity index (χ1v) is 7.39. The standard InChI is InChI=1S/C16H17N3O6/c1-2-7-18-8-9-19(14(22)13(18)21)16(25)17-12(15(23)24)10-3-5-11(20)6-4-10/h2-6,12,20H,1,7-9H2,(H,17,25)(H,23,24). The molecule has 1 fully saturated rings. The highest BCUT2D eigenvalue weighted by molar-refractivity contribution is 6.38. The number of urea groups is 1. The molecule has 25 heavy (non-hydrogen) atoms. The van der Waals surface area contributed by atoms with Gasteiger partial charge in [-0.05, 0) is 17.7 Å². The number of nitrogens with zero attached hydrogens (tertiary/aromatic N) is 2. The van der Waals surface area contributed by atoms with Gasteiger partial charge in [0.25, 0.3) is 0 Å². The van der Waals surface area contributed by atoms with Crippen LogP contribution in [0.15, 0.2) is 36.9 Å². The molecule has 9 heteroatoms. The highest BCUT2D eigenvalue weighted by Gasteiger charge is 2.37. The summed E-state index contributed by atoms with van der Waals surface area (Å²) >= 11 is 0. The van der Waals surface area contributed by atoms with Crippen molar-refractivity contribution in [3.63, 3.8) is 0 Å². The molecule has 0 aliphatic carbocycles. The van der Waals surface area contributed by atoms with E-state index >= 15 is 0 Å². The third-order valence-corrected chi connectivity index (χ3v) is 3.64. The number of rotatable bonds is 5. The van der Waals surface area contributed by atoms with Gasteiger partial charge >= 0.3 is 23.8 Å². The maximum Gasteiger partial charge on any atom is 0.330 e. The zero-order valence-electron chi connectivity index (χ0n) is 13.2. The van der Waals surface area contributed by atoms with E-state index in [4.69, 9.17) is 0 Å². The summed E-state index contributed by atoms with van der Waals surface area (Å²) in [5.41, 5.74) is 0.211. The van der Waals surface area contributed by atoms with Crippen LogP contribution < -0.4 is 5.32 Å². The van der Waals surface area contributed by atoms with Crippen molar-refractivity contribution >= 4 is 23.8 Å². The molecule has 1 aliphatic heterocycles. The molecule has 1 aromatic carbocycles. The number of benzene rings is 1. The van der Waals surface area contributed by atoms with Gasteiger partial charge in [-0.1, -0.05) is 18.2 Å². The number of piperazine rings is 1. The number of carbonyl (C=O) groups is 4. The fourth-order valence-electron chi connectivity index (χ4n) is 2.35. The Kier molecular flexibility index (Phi) is 5.38. The van der Waals surface area contributed by atoms with Gasteiger partial charge in [0, 0.05) is 19.6 Å². The fourth-order valence-corrected chi connectivity index (χ4v) is 2.35. The van der Waals surface area contributed by atoms with Crippen molar-refractivity contribution in [3.8, 4) is 5.75 Å². The van der Waals surface area contributed by atoms with Crippen LogP contribution in [-0.2, 0) is 14.4 Å². The molecule has 0 spiro atoms. The van der Waals surface area contributed by atoms with Crippen LogP contribution in [0.25, 0.3) is 0 Å². The summed E-state index contributed by atoms with van der Waals surface area (Å²) in [6.45, 7) is 3.76. The molecule has 1 heterocycles. The number of phenolic OH excluding ortho intramolecular Hbond substituents is 1. The Morgan fingerprint density at radius 2 is 1.84 bits per heavy atom. The molecule has 0 bridgehead atoms. The first-order chi connectivity index (χ1) is 11.8. The third kappa shape index (κ3) is 3.94. The van der Waals surface area contributed by atoms with Crippen LogP contribution >= 0.6 is 0 Å². The van der Waals surface area contributed by atoms with Crippen LogP contribution in [0.3, 0.4) is 0 Å². The molecule has 3 N–H and O–H groups in total. The van der Waals surface area contributed by atoms with Crippen LogP contribution in [0.1, 0.15) is 11.6 Å². The van der Waals surface area contributed by atoms with Crippen LogP contribution in [0.5, 0.6) is 5.75 Å². The van der Waals surface area contributed by atoms with E-state index in [-0.39, 0.29) is 30.9 Å². The lowest BCUT2D eigenvalue weighted by molar-refractivity contribution is -0.153. The Balaban J connectivity index is 2.12. The van der Waals surface area contributed by atoms with E-state index in [0.717, 1.165) is 0 Å². The topological polar surface area (TPSA) is 127 Å². The summed E-state index contributed by atoms with van der Waals surface area (Å²) in [5, 5.41) is 20.8. The van der Waals surface area contributed by atoms with E-state index in [9.17, 15) is 29.4 Å². The van der Waals surface area contributed by atoms with Crippen molar-refractivity contribution in [2.24, 2.45) is 0 Å². The van der Waals surface area contributed by atoms with Gasteiger partial charge in [0.2, 0.25) is 0 Å². The Labute approximate surface area is 143 Å². The third-order valence-electron chi connectivity index (χ3n) is 3.64. The van der Waals surface area contributed by atoms with E-state index in [0.29, 0.717) is 4.90 Å². The van der Waals surface area contributed by atoms with Crippen molar-refractivity contribution < 1.29 is 29.4 Å². The molecule has 9 nitrogen and oxygen atoms in total. The van der Waals surface area contributed by atoms with Gasteiger partial charge in [0.05, 0.1) is 0 Å². The first-order valence-electron chi connectivity index (χ1n) is 7.39. The molecule has 1 unspecified atom stereocenters. The van der Waals surface area contributed by atoms with Crippen LogP contribution in [-0.4, -0.2) is 63.5 Å². The Morgan fingerprint density at radius 3 is 2.40 bits per heavy atom. The second kappa shape index (κ2) is 7.47. The smallest absolute Gasteiger partial charge is 0.330 e. The van der Waals surface area contributed by atoms with Gasteiger partial charge in [0.15, 0.2) is 6.04 Å². The van der Waals surface area contributed by atoms with Gasteiger partial charge < -0.3 is 20.4 Å². The number of aliphatic carboxylic acids is 1. The molecule has 1 saturated heterocycles. The Hall–Kier alpha value is -3.36. The monoisotopic (exact) mass is 347 g/mol. The number of hydrogen-bond acceptors (Lipinski definition) is 5. The number of carboxylic acids is 1. The van der Waals surface area contributed by atoms with Crippen LogP contribution in [0.4, 0.5) is 4.79 Å². The molecular formula is C16H17N3O6. The van der Waals surface area contributed by atoms with Crippen molar-refractivity contribution in [1.82, 2.24) is 15.1 Å². The summed E-state index contributed by atoms with van der Waals surface area (Å²) in [6.07, 6.45) is 1.46. The molecule has 132 valence electrons. The maximum atomic E-state index is 12.3. The number of nitrogens with one attached hydrogen (secondary N) is 1. The number of imide groups is 1. The van der Waals surface area contributed by atoms with Crippen molar-refractivity contribution in [2.45, 2.75) is 6.04 Å². The molecule has 0 aromatic heterocycles. The first kappa shape index (κ1) is 18.0. The van der Waals surface area contributed by atoms with E-state index in [1.165, 1.54) is 35.2 Å². The fraction of sp³-hybridized carbons (Fsp3) is 0.250. The Morgan fingerprint density at radius 1 is 1.20 bits per heavy atom. The van der Waals surface area contributed by atoms with E-state index in [1.54, 1.807) is 0 Å². The summed E-state index contributed by atoms with van der Waals surface area (Å²) in [4.78, 5) is 49.6. The average molecular weight is 347 g/mol. The molecule has 1 atom stereocenters. The zero-order valence-corrected chi connectivity index (χ0v) is 13.2. The van der Waals surface area contributed by atoms with Gasteiger partial charge in [-0.15, -0.1) is 6.58 Å². The van der Waals surface area contributed by atoms with Crippen molar-refractivity contribution in [3.05, 3.63) is 42.5 Å². The molecule has 2 rings (SSSR count). The second-order valence-corrected chi connectivity index (χ2v) is 5.31. The van der Waals surface area contributed by atoms with Crippen LogP contribution in [0.2, 0.25) is 0 Å². The minimum absolute atomic E-state index is 0.0494. The van der Waals surface area contributed by atoms with E-state index < -0.39 is 29.9 Å². The molecule has 4 amide bonds.